The van der Waals surface area contributed by atoms with Crippen LogP contribution in [0.3, 0.4) is 0 Å². The minimum atomic E-state index is -3.15. The van der Waals surface area contributed by atoms with Crippen molar-refractivity contribution in [1.29, 1.82) is 0 Å². The number of anilines is 1. The molecule has 0 aliphatic heterocycles. The standard InChI is InChI=1S/C17H28N2O3S/c1-13(2)23(20,21)19-16-6-4-14(5-7-16)12-18-15-8-10-17(22-3)11-9-15/h8-11,13-14,16,18-19H,4-7,12H2,1-3H3. The molecule has 23 heavy (non-hydrogen) atoms. The fourth-order valence-corrected chi connectivity index (χ4v) is 3.80. The van der Waals surface area contributed by atoms with Gasteiger partial charge >= 0.3 is 0 Å². The van der Waals surface area contributed by atoms with Crippen molar-refractivity contribution in [2.24, 2.45) is 5.92 Å². The van der Waals surface area contributed by atoms with Gasteiger partial charge in [0.25, 0.3) is 0 Å². The number of ether oxygens (including phenoxy) is 1. The van der Waals surface area contributed by atoms with Crippen molar-refractivity contribution >= 4 is 15.7 Å². The molecule has 1 aromatic carbocycles. The van der Waals surface area contributed by atoms with Crippen LogP contribution in [-0.4, -0.2) is 33.4 Å². The molecule has 2 rings (SSSR count). The highest BCUT2D eigenvalue weighted by molar-refractivity contribution is 7.90. The summed E-state index contributed by atoms with van der Waals surface area (Å²) < 4.78 is 31.8. The second-order valence-electron chi connectivity index (χ2n) is 6.54. The maximum Gasteiger partial charge on any atom is 0.214 e. The molecular weight excluding hydrogens is 312 g/mol. The van der Waals surface area contributed by atoms with Gasteiger partial charge in [0.2, 0.25) is 10.0 Å². The van der Waals surface area contributed by atoms with E-state index in [0.717, 1.165) is 43.7 Å². The van der Waals surface area contributed by atoms with Crippen molar-refractivity contribution in [3.63, 3.8) is 0 Å². The van der Waals surface area contributed by atoms with Gasteiger partial charge in [0.15, 0.2) is 0 Å². The lowest BCUT2D eigenvalue weighted by atomic mass is 9.86. The molecule has 1 saturated carbocycles. The molecular formula is C17H28N2O3S. The Morgan fingerprint density at radius 3 is 2.26 bits per heavy atom. The zero-order valence-electron chi connectivity index (χ0n) is 14.2. The molecule has 5 nitrogen and oxygen atoms in total. The van der Waals surface area contributed by atoms with Gasteiger partial charge in [-0.15, -0.1) is 0 Å². The van der Waals surface area contributed by atoms with Gasteiger partial charge in [-0.1, -0.05) is 0 Å². The molecule has 2 N–H and O–H groups in total. The van der Waals surface area contributed by atoms with E-state index in [1.165, 1.54) is 0 Å². The lowest BCUT2D eigenvalue weighted by molar-refractivity contribution is 0.323. The van der Waals surface area contributed by atoms with Crippen LogP contribution in [0.5, 0.6) is 5.75 Å². The number of nitrogens with one attached hydrogen (secondary N) is 2. The molecule has 0 radical (unpaired) electrons. The van der Waals surface area contributed by atoms with E-state index in [4.69, 9.17) is 4.74 Å². The Bertz CT molecular complexity index is 576. The van der Waals surface area contributed by atoms with E-state index >= 15 is 0 Å². The lowest BCUT2D eigenvalue weighted by Crippen LogP contribution is -2.41. The highest BCUT2D eigenvalue weighted by Crippen LogP contribution is 2.26. The van der Waals surface area contributed by atoms with Crippen molar-refractivity contribution in [2.75, 3.05) is 19.0 Å². The molecule has 0 heterocycles. The molecule has 1 aromatic rings. The summed E-state index contributed by atoms with van der Waals surface area (Å²) in [4.78, 5) is 0. The van der Waals surface area contributed by atoms with Gasteiger partial charge in [0, 0.05) is 18.3 Å². The first-order valence-corrected chi connectivity index (χ1v) is 9.84. The number of hydrogen-bond acceptors (Lipinski definition) is 4. The fourth-order valence-electron chi connectivity index (χ4n) is 2.82. The summed E-state index contributed by atoms with van der Waals surface area (Å²) in [6, 6.07) is 8.02. The highest BCUT2D eigenvalue weighted by atomic mass is 32.2. The largest absolute Gasteiger partial charge is 0.497 e. The third-order valence-electron chi connectivity index (χ3n) is 4.48. The Hall–Kier alpha value is -1.27. The molecule has 1 aliphatic carbocycles. The maximum absolute atomic E-state index is 11.9. The van der Waals surface area contributed by atoms with E-state index in [0.29, 0.717) is 5.92 Å². The van der Waals surface area contributed by atoms with E-state index in [9.17, 15) is 8.42 Å². The van der Waals surface area contributed by atoms with E-state index in [1.807, 2.05) is 24.3 Å². The van der Waals surface area contributed by atoms with Crippen molar-refractivity contribution < 1.29 is 13.2 Å². The van der Waals surface area contributed by atoms with Crippen molar-refractivity contribution in [1.82, 2.24) is 4.72 Å². The van der Waals surface area contributed by atoms with Crippen LogP contribution in [0.25, 0.3) is 0 Å². The highest BCUT2D eigenvalue weighted by Gasteiger charge is 2.26. The molecule has 1 fully saturated rings. The van der Waals surface area contributed by atoms with E-state index < -0.39 is 10.0 Å². The predicted octanol–water partition coefficient (Wildman–Crippen LogP) is 2.99. The lowest BCUT2D eigenvalue weighted by Gasteiger charge is -2.29. The Morgan fingerprint density at radius 2 is 1.74 bits per heavy atom. The van der Waals surface area contributed by atoms with E-state index in [1.54, 1.807) is 21.0 Å². The first-order chi connectivity index (χ1) is 10.9. The molecule has 0 unspecified atom stereocenters. The zero-order chi connectivity index (χ0) is 16.9. The molecule has 0 spiro atoms. The minimum Gasteiger partial charge on any atom is -0.497 e. The van der Waals surface area contributed by atoms with Crippen molar-refractivity contribution in [2.45, 2.75) is 50.8 Å². The SMILES string of the molecule is COc1ccc(NCC2CCC(NS(=O)(=O)C(C)C)CC2)cc1. The molecule has 0 saturated heterocycles. The number of benzene rings is 1. The van der Waals surface area contributed by atoms with Crippen LogP contribution in [0.15, 0.2) is 24.3 Å². The molecule has 0 bridgehead atoms. The smallest absolute Gasteiger partial charge is 0.214 e. The van der Waals surface area contributed by atoms with E-state index in [-0.39, 0.29) is 11.3 Å². The monoisotopic (exact) mass is 340 g/mol. The van der Waals surface area contributed by atoms with Crippen LogP contribution in [0.1, 0.15) is 39.5 Å². The Morgan fingerprint density at radius 1 is 1.13 bits per heavy atom. The summed E-state index contributed by atoms with van der Waals surface area (Å²) in [6.45, 7) is 4.36. The summed E-state index contributed by atoms with van der Waals surface area (Å²) >= 11 is 0. The second-order valence-corrected chi connectivity index (χ2v) is 8.81. The Balaban J connectivity index is 1.74. The van der Waals surface area contributed by atoms with E-state index in [2.05, 4.69) is 10.0 Å². The van der Waals surface area contributed by atoms with Gasteiger partial charge in [-0.3, -0.25) is 0 Å². The van der Waals surface area contributed by atoms with Crippen LogP contribution in [0.4, 0.5) is 5.69 Å². The van der Waals surface area contributed by atoms with Crippen LogP contribution < -0.4 is 14.8 Å². The normalized spacial score (nSPS) is 22.1. The van der Waals surface area contributed by atoms with Crippen LogP contribution in [0, 0.1) is 5.92 Å². The van der Waals surface area contributed by atoms with Crippen LogP contribution in [0.2, 0.25) is 0 Å². The molecule has 0 amide bonds. The Kier molecular flexibility index (Phi) is 6.30. The van der Waals surface area contributed by atoms with Gasteiger partial charge in [-0.05, 0) is 69.7 Å². The average molecular weight is 340 g/mol. The first kappa shape index (κ1) is 18.1. The number of hydrogen-bond donors (Lipinski definition) is 2. The van der Waals surface area contributed by atoms with Gasteiger partial charge in [-0.2, -0.15) is 0 Å². The fraction of sp³-hybridized carbons (Fsp3) is 0.647. The van der Waals surface area contributed by atoms with Crippen molar-refractivity contribution in [3.05, 3.63) is 24.3 Å². The van der Waals surface area contributed by atoms with Crippen LogP contribution in [-0.2, 0) is 10.0 Å². The van der Waals surface area contributed by atoms with Crippen LogP contribution >= 0.6 is 0 Å². The zero-order valence-corrected chi connectivity index (χ0v) is 15.0. The summed E-state index contributed by atoms with van der Waals surface area (Å²) in [7, 11) is -1.49. The van der Waals surface area contributed by atoms with Gasteiger partial charge < -0.3 is 10.1 Å². The summed E-state index contributed by atoms with van der Waals surface area (Å²) in [5, 5.41) is 3.09. The summed E-state index contributed by atoms with van der Waals surface area (Å²) in [5.41, 5.74) is 1.09. The third kappa shape index (κ3) is 5.39. The summed E-state index contributed by atoms with van der Waals surface area (Å²) in [5.74, 6) is 1.45. The topological polar surface area (TPSA) is 67.4 Å². The molecule has 1 aliphatic rings. The second kappa shape index (κ2) is 8.02. The third-order valence-corrected chi connectivity index (χ3v) is 6.39. The number of sulfonamides is 1. The molecule has 0 aromatic heterocycles. The molecule has 0 atom stereocenters. The average Bonchev–Trinajstić information content (AvgIpc) is 2.54. The number of rotatable bonds is 7. The first-order valence-electron chi connectivity index (χ1n) is 8.30. The molecule has 6 heteroatoms. The minimum absolute atomic E-state index is 0.0969. The van der Waals surface area contributed by atoms with Gasteiger partial charge in [0.1, 0.15) is 5.75 Å². The molecule has 130 valence electrons. The Labute approximate surface area is 139 Å². The van der Waals surface area contributed by atoms with Gasteiger partial charge in [0.05, 0.1) is 12.4 Å². The quantitative estimate of drug-likeness (QED) is 0.801. The van der Waals surface area contributed by atoms with Crippen molar-refractivity contribution in [3.8, 4) is 5.75 Å². The summed E-state index contributed by atoms with van der Waals surface area (Å²) in [6.07, 6.45) is 3.94. The maximum atomic E-state index is 11.9. The predicted molar refractivity (Wildman–Crippen MR) is 94.4 cm³/mol. The number of methoxy groups -OCH3 is 1. The van der Waals surface area contributed by atoms with Gasteiger partial charge in [-0.25, -0.2) is 13.1 Å².